The standard InChI is InChI=1S/C12H20/c1-2-10-6-3-4-7-11-8-5-9-12(10)11/h2,10-12H,1,3-9H2. The van der Waals surface area contributed by atoms with Crippen LogP contribution in [0.3, 0.4) is 0 Å². The summed E-state index contributed by atoms with van der Waals surface area (Å²) < 4.78 is 0. The van der Waals surface area contributed by atoms with E-state index in [1.54, 1.807) is 0 Å². The van der Waals surface area contributed by atoms with Crippen LogP contribution < -0.4 is 0 Å². The third-order valence-electron chi connectivity index (χ3n) is 3.93. The molecule has 0 heteroatoms. The monoisotopic (exact) mass is 164 g/mol. The van der Waals surface area contributed by atoms with Crippen molar-refractivity contribution in [2.24, 2.45) is 17.8 Å². The predicted octanol–water partition coefficient (Wildman–Crippen LogP) is 3.78. The first-order chi connectivity index (χ1) is 5.92. The molecule has 0 aliphatic heterocycles. The van der Waals surface area contributed by atoms with Gasteiger partial charge in [0.15, 0.2) is 0 Å². The quantitative estimate of drug-likeness (QED) is 0.517. The highest BCUT2D eigenvalue weighted by atomic mass is 14.4. The Hall–Kier alpha value is -0.260. The fourth-order valence-corrected chi connectivity index (χ4v) is 3.28. The van der Waals surface area contributed by atoms with Gasteiger partial charge in [0.1, 0.15) is 0 Å². The maximum Gasteiger partial charge on any atom is -0.0205 e. The van der Waals surface area contributed by atoms with Gasteiger partial charge in [-0.05, 0) is 30.6 Å². The van der Waals surface area contributed by atoms with Crippen molar-refractivity contribution < 1.29 is 0 Å². The van der Waals surface area contributed by atoms with E-state index in [0.29, 0.717) is 0 Å². The molecule has 0 aromatic carbocycles. The highest BCUT2D eigenvalue weighted by Gasteiger charge is 2.33. The van der Waals surface area contributed by atoms with Crippen molar-refractivity contribution in [2.45, 2.75) is 44.9 Å². The summed E-state index contributed by atoms with van der Waals surface area (Å²) in [5.41, 5.74) is 0. The van der Waals surface area contributed by atoms with Crippen molar-refractivity contribution in [2.75, 3.05) is 0 Å². The van der Waals surface area contributed by atoms with Gasteiger partial charge in [0.25, 0.3) is 0 Å². The van der Waals surface area contributed by atoms with E-state index >= 15 is 0 Å². The SMILES string of the molecule is C=CC1CCCCC2CCCC12. The normalized spacial score (nSPS) is 41.8. The van der Waals surface area contributed by atoms with Crippen molar-refractivity contribution in [3.63, 3.8) is 0 Å². The van der Waals surface area contributed by atoms with Gasteiger partial charge in [0.05, 0.1) is 0 Å². The third kappa shape index (κ3) is 1.44. The summed E-state index contributed by atoms with van der Waals surface area (Å²) in [5.74, 6) is 2.94. The molecule has 68 valence electrons. The largest absolute Gasteiger partial charge is 0.103 e. The molecule has 3 atom stereocenters. The Kier molecular flexibility index (Phi) is 2.53. The molecule has 0 aromatic rings. The van der Waals surface area contributed by atoms with E-state index in [4.69, 9.17) is 0 Å². The Morgan fingerprint density at radius 2 is 1.67 bits per heavy atom. The minimum absolute atomic E-state index is 0.861. The molecule has 0 radical (unpaired) electrons. The van der Waals surface area contributed by atoms with E-state index in [9.17, 15) is 0 Å². The van der Waals surface area contributed by atoms with Crippen LogP contribution in [0.5, 0.6) is 0 Å². The van der Waals surface area contributed by atoms with Gasteiger partial charge in [-0.2, -0.15) is 0 Å². The molecule has 2 fully saturated rings. The van der Waals surface area contributed by atoms with E-state index in [0.717, 1.165) is 17.8 Å². The van der Waals surface area contributed by atoms with Gasteiger partial charge in [-0.1, -0.05) is 38.2 Å². The molecule has 0 saturated heterocycles. The van der Waals surface area contributed by atoms with Crippen LogP contribution in [0.4, 0.5) is 0 Å². The lowest BCUT2D eigenvalue weighted by atomic mass is 9.83. The predicted molar refractivity (Wildman–Crippen MR) is 53.0 cm³/mol. The van der Waals surface area contributed by atoms with Crippen molar-refractivity contribution in [1.82, 2.24) is 0 Å². The highest BCUT2D eigenvalue weighted by molar-refractivity contribution is 4.92. The first-order valence-electron chi connectivity index (χ1n) is 5.54. The molecule has 0 spiro atoms. The van der Waals surface area contributed by atoms with Gasteiger partial charge in [0.2, 0.25) is 0 Å². The summed E-state index contributed by atoms with van der Waals surface area (Å²) >= 11 is 0. The summed E-state index contributed by atoms with van der Waals surface area (Å²) in [7, 11) is 0. The van der Waals surface area contributed by atoms with Crippen LogP contribution in [0.25, 0.3) is 0 Å². The number of allylic oxidation sites excluding steroid dienone is 1. The molecule has 0 N–H and O–H groups in total. The van der Waals surface area contributed by atoms with Crippen LogP contribution in [-0.2, 0) is 0 Å². The van der Waals surface area contributed by atoms with Gasteiger partial charge >= 0.3 is 0 Å². The molecule has 2 rings (SSSR count). The Balaban J connectivity index is 2.07. The second-order valence-corrected chi connectivity index (χ2v) is 4.54. The zero-order valence-corrected chi connectivity index (χ0v) is 7.97. The van der Waals surface area contributed by atoms with Crippen LogP contribution in [0.2, 0.25) is 0 Å². The molecule has 12 heavy (non-hydrogen) atoms. The summed E-state index contributed by atoms with van der Waals surface area (Å²) in [6.45, 7) is 3.99. The molecule has 0 nitrogen and oxygen atoms in total. The average Bonchev–Trinajstić information content (AvgIpc) is 2.46. The Labute approximate surface area is 76.1 Å². The van der Waals surface area contributed by atoms with Crippen molar-refractivity contribution in [3.8, 4) is 0 Å². The second-order valence-electron chi connectivity index (χ2n) is 4.54. The third-order valence-corrected chi connectivity index (χ3v) is 3.93. The van der Waals surface area contributed by atoms with E-state index in [-0.39, 0.29) is 0 Å². The minimum Gasteiger partial charge on any atom is -0.103 e. The highest BCUT2D eigenvalue weighted by Crippen LogP contribution is 2.44. The van der Waals surface area contributed by atoms with Crippen molar-refractivity contribution in [3.05, 3.63) is 12.7 Å². The Morgan fingerprint density at radius 1 is 0.917 bits per heavy atom. The number of fused-ring (bicyclic) bond motifs is 1. The summed E-state index contributed by atoms with van der Waals surface area (Å²) in [5, 5.41) is 0. The summed E-state index contributed by atoms with van der Waals surface area (Å²) in [6, 6.07) is 0. The molecule has 0 aromatic heterocycles. The molecule has 0 bridgehead atoms. The molecule has 0 amide bonds. The fraction of sp³-hybridized carbons (Fsp3) is 0.833. The lowest BCUT2D eigenvalue weighted by Crippen LogP contribution is -2.14. The zero-order valence-electron chi connectivity index (χ0n) is 7.97. The molecular weight excluding hydrogens is 144 g/mol. The van der Waals surface area contributed by atoms with Gasteiger partial charge in [-0.15, -0.1) is 6.58 Å². The first kappa shape index (κ1) is 8.34. The molecular formula is C12H20. The van der Waals surface area contributed by atoms with Crippen LogP contribution in [0.15, 0.2) is 12.7 Å². The smallest absolute Gasteiger partial charge is 0.0205 e. The van der Waals surface area contributed by atoms with Gasteiger partial charge in [-0.3, -0.25) is 0 Å². The molecule has 3 unspecified atom stereocenters. The number of hydrogen-bond donors (Lipinski definition) is 0. The van der Waals surface area contributed by atoms with E-state index < -0.39 is 0 Å². The Morgan fingerprint density at radius 3 is 2.50 bits per heavy atom. The topological polar surface area (TPSA) is 0 Å². The molecule has 2 aliphatic rings. The average molecular weight is 164 g/mol. The van der Waals surface area contributed by atoms with Gasteiger partial charge < -0.3 is 0 Å². The molecule has 2 aliphatic carbocycles. The Bertz CT molecular complexity index is 159. The van der Waals surface area contributed by atoms with Crippen molar-refractivity contribution >= 4 is 0 Å². The molecule has 0 heterocycles. The summed E-state index contributed by atoms with van der Waals surface area (Å²) in [6.07, 6.45) is 12.6. The first-order valence-corrected chi connectivity index (χ1v) is 5.54. The maximum atomic E-state index is 3.99. The van der Waals surface area contributed by atoms with E-state index in [2.05, 4.69) is 12.7 Å². The minimum atomic E-state index is 0.861. The van der Waals surface area contributed by atoms with Crippen LogP contribution >= 0.6 is 0 Å². The maximum absolute atomic E-state index is 3.99. The van der Waals surface area contributed by atoms with E-state index in [1.165, 1.54) is 44.9 Å². The van der Waals surface area contributed by atoms with Crippen molar-refractivity contribution in [1.29, 1.82) is 0 Å². The van der Waals surface area contributed by atoms with Gasteiger partial charge in [0, 0.05) is 0 Å². The zero-order chi connectivity index (χ0) is 8.39. The van der Waals surface area contributed by atoms with E-state index in [1.807, 2.05) is 0 Å². The number of hydrogen-bond acceptors (Lipinski definition) is 0. The van der Waals surface area contributed by atoms with Crippen LogP contribution in [0.1, 0.15) is 44.9 Å². The van der Waals surface area contributed by atoms with Crippen LogP contribution in [-0.4, -0.2) is 0 Å². The van der Waals surface area contributed by atoms with Crippen LogP contribution in [0, 0.1) is 17.8 Å². The molecule has 2 saturated carbocycles. The lowest BCUT2D eigenvalue weighted by molar-refractivity contribution is 0.308. The fourth-order valence-electron chi connectivity index (χ4n) is 3.28. The second kappa shape index (κ2) is 3.64. The summed E-state index contributed by atoms with van der Waals surface area (Å²) in [4.78, 5) is 0. The van der Waals surface area contributed by atoms with Gasteiger partial charge in [-0.25, -0.2) is 0 Å². The number of rotatable bonds is 1. The lowest BCUT2D eigenvalue weighted by Gasteiger charge is -2.22.